The Morgan fingerprint density at radius 2 is 2.10 bits per heavy atom. The van der Waals surface area contributed by atoms with Gasteiger partial charge < -0.3 is 14.8 Å². The van der Waals surface area contributed by atoms with Gasteiger partial charge in [-0.3, -0.25) is 0 Å². The second kappa shape index (κ2) is 6.60. The maximum Gasteiger partial charge on any atom is 0.222 e. The molecule has 5 heteroatoms. The van der Waals surface area contributed by atoms with Gasteiger partial charge in [-0.05, 0) is 13.3 Å². The summed E-state index contributed by atoms with van der Waals surface area (Å²) >= 11 is 0. The molecule has 1 aromatic heterocycles. The maximum absolute atomic E-state index is 6.05. The predicted molar refractivity (Wildman–Crippen MR) is 84.1 cm³/mol. The van der Waals surface area contributed by atoms with Crippen LogP contribution in [0.5, 0.6) is 5.88 Å². The predicted octanol–water partition coefficient (Wildman–Crippen LogP) is 3.07. The van der Waals surface area contributed by atoms with Gasteiger partial charge in [-0.2, -0.15) is 4.98 Å². The van der Waals surface area contributed by atoms with Crippen LogP contribution in [-0.2, 0) is 10.2 Å². The minimum atomic E-state index is -0.110. The van der Waals surface area contributed by atoms with Crippen molar-refractivity contribution in [3.63, 3.8) is 0 Å². The fraction of sp³-hybridized carbons (Fsp3) is 0.750. The van der Waals surface area contributed by atoms with Crippen LogP contribution >= 0.6 is 0 Å². The molecule has 0 radical (unpaired) electrons. The van der Waals surface area contributed by atoms with E-state index >= 15 is 0 Å². The first-order valence-electron chi connectivity index (χ1n) is 7.79. The summed E-state index contributed by atoms with van der Waals surface area (Å²) in [5.41, 5.74) is 0.865. The van der Waals surface area contributed by atoms with Gasteiger partial charge in [0, 0.05) is 18.4 Å². The van der Waals surface area contributed by atoms with E-state index in [-0.39, 0.29) is 11.5 Å². The largest absolute Gasteiger partial charge is 0.471 e. The highest BCUT2D eigenvalue weighted by Gasteiger charge is 2.24. The average molecular weight is 293 g/mol. The van der Waals surface area contributed by atoms with E-state index in [0.29, 0.717) is 12.5 Å². The van der Waals surface area contributed by atoms with E-state index < -0.39 is 0 Å². The lowest BCUT2D eigenvalue weighted by Crippen LogP contribution is -2.22. The van der Waals surface area contributed by atoms with Crippen molar-refractivity contribution in [3.8, 4) is 5.88 Å². The Bertz CT molecular complexity index is 477. The summed E-state index contributed by atoms with van der Waals surface area (Å²) < 4.78 is 11.4. The molecule has 118 valence electrons. The Hall–Kier alpha value is -1.36. The third-order valence-electron chi connectivity index (χ3n) is 3.48. The van der Waals surface area contributed by atoms with Crippen molar-refractivity contribution in [2.45, 2.75) is 59.0 Å². The first-order valence-corrected chi connectivity index (χ1v) is 7.79. The summed E-state index contributed by atoms with van der Waals surface area (Å²) in [5.74, 6) is 2.37. The molecule has 2 heterocycles. The maximum atomic E-state index is 6.05. The third-order valence-corrected chi connectivity index (χ3v) is 3.48. The fourth-order valence-electron chi connectivity index (χ4n) is 2.13. The van der Waals surface area contributed by atoms with Gasteiger partial charge >= 0.3 is 0 Å². The van der Waals surface area contributed by atoms with Crippen LogP contribution in [-0.4, -0.2) is 35.8 Å². The zero-order chi connectivity index (χ0) is 15.5. The highest BCUT2D eigenvalue weighted by molar-refractivity contribution is 5.49. The number of aromatic nitrogens is 2. The minimum Gasteiger partial charge on any atom is -0.471 e. The molecule has 1 atom stereocenters. The van der Waals surface area contributed by atoms with Crippen LogP contribution in [0, 0.1) is 6.92 Å². The van der Waals surface area contributed by atoms with Crippen LogP contribution < -0.4 is 10.1 Å². The molecule has 21 heavy (non-hydrogen) atoms. The molecule has 0 aliphatic carbocycles. The van der Waals surface area contributed by atoms with E-state index in [1.165, 1.54) is 0 Å². The molecule has 0 aromatic carbocycles. The van der Waals surface area contributed by atoms with E-state index in [2.05, 4.69) is 43.0 Å². The molecule has 0 saturated carbocycles. The summed E-state index contributed by atoms with van der Waals surface area (Å²) in [6.45, 7) is 12.8. The zero-order valence-electron chi connectivity index (χ0n) is 13.8. The van der Waals surface area contributed by atoms with Gasteiger partial charge in [0.15, 0.2) is 0 Å². The van der Waals surface area contributed by atoms with Crippen LogP contribution in [0.4, 0.5) is 5.82 Å². The summed E-state index contributed by atoms with van der Waals surface area (Å²) in [5, 5.41) is 3.38. The SMILES string of the molecule is CCCNc1nc(C(C)(C)C)nc(OC2CCOC2)c1C. The van der Waals surface area contributed by atoms with Crippen LogP contribution in [0.1, 0.15) is 51.9 Å². The summed E-state index contributed by atoms with van der Waals surface area (Å²) in [6, 6.07) is 0. The molecule has 1 fully saturated rings. The zero-order valence-corrected chi connectivity index (χ0v) is 13.8. The van der Waals surface area contributed by atoms with Crippen molar-refractivity contribution in [2.75, 3.05) is 25.1 Å². The molecular weight excluding hydrogens is 266 g/mol. The van der Waals surface area contributed by atoms with Crippen molar-refractivity contribution >= 4 is 5.82 Å². The molecule has 0 spiro atoms. The Kier molecular flexibility index (Phi) is 5.04. The summed E-state index contributed by atoms with van der Waals surface area (Å²) in [4.78, 5) is 9.33. The topological polar surface area (TPSA) is 56.3 Å². The quantitative estimate of drug-likeness (QED) is 0.904. The van der Waals surface area contributed by atoms with Gasteiger partial charge in [0.05, 0.1) is 18.8 Å². The van der Waals surface area contributed by atoms with Gasteiger partial charge in [0.2, 0.25) is 5.88 Å². The van der Waals surface area contributed by atoms with Crippen molar-refractivity contribution in [2.24, 2.45) is 0 Å². The van der Waals surface area contributed by atoms with Gasteiger partial charge in [-0.25, -0.2) is 4.98 Å². The average Bonchev–Trinajstić information content (AvgIpc) is 2.91. The van der Waals surface area contributed by atoms with Gasteiger partial charge in [0.1, 0.15) is 17.7 Å². The number of rotatable bonds is 5. The van der Waals surface area contributed by atoms with Gasteiger partial charge in [0.25, 0.3) is 0 Å². The molecule has 0 bridgehead atoms. The number of anilines is 1. The number of nitrogens with one attached hydrogen (secondary N) is 1. The van der Waals surface area contributed by atoms with Crippen molar-refractivity contribution in [3.05, 3.63) is 11.4 Å². The minimum absolute atomic E-state index is 0.102. The van der Waals surface area contributed by atoms with Gasteiger partial charge in [-0.15, -0.1) is 0 Å². The molecule has 1 saturated heterocycles. The first kappa shape index (κ1) is 16.0. The number of hydrogen-bond donors (Lipinski definition) is 1. The second-order valence-electron chi connectivity index (χ2n) is 6.61. The van der Waals surface area contributed by atoms with E-state index in [4.69, 9.17) is 9.47 Å². The highest BCUT2D eigenvalue weighted by Crippen LogP contribution is 2.29. The smallest absolute Gasteiger partial charge is 0.222 e. The molecule has 1 aliphatic rings. The number of ether oxygens (including phenoxy) is 2. The van der Waals surface area contributed by atoms with Crippen LogP contribution in [0.3, 0.4) is 0 Å². The lowest BCUT2D eigenvalue weighted by molar-refractivity contribution is 0.137. The Morgan fingerprint density at radius 1 is 1.33 bits per heavy atom. The number of nitrogens with zero attached hydrogens (tertiary/aromatic N) is 2. The molecule has 1 N–H and O–H groups in total. The van der Waals surface area contributed by atoms with Crippen LogP contribution in [0.15, 0.2) is 0 Å². The Morgan fingerprint density at radius 3 is 2.67 bits per heavy atom. The molecule has 1 aliphatic heterocycles. The van der Waals surface area contributed by atoms with E-state index in [0.717, 1.165) is 43.2 Å². The van der Waals surface area contributed by atoms with Crippen molar-refractivity contribution in [1.82, 2.24) is 9.97 Å². The van der Waals surface area contributed by atoms with E-state index in [1.807, 2.05) is 6.92 Å². The molecule has 1 unspecified atom stereocenters. The summed E-state index contributed by atoms with van der Waals surface area (Å²) in [7, 11) is 0. The lowest BCUT2D eigenvalue weighted by Gasteiger charge is -2.22. The monoisotopic (exact) mass is 293 g/mol. The lowest BCUT2D eigenvalue weighted by atomic mass is 9.95. The van der Waals surface area contributed by atoms with E-state index in [9.17, 15) is 0 Å². The van der Waals surface area contributed by atoms with Crippen LogP contribution in [0.2, 0.25) is 0 Å². The van der Waals surface area contributed by atoms with Crippen molar-refractivity contribution < 1.29 is 9.47 Å². The second-order valence-corrected chi connectivity index (χ2v) is 6.61. The normalized spacial score (nSPS) is 18.8. The van der Waals surface area contributed by atoms with Crippen LogP contribution in [0.25, 0.3) is 0 Å². The molecule has 2 rings (SSSR count). The van der Waals surface area contributed by atoms with Gasteiger partial charge in [-0.1, -0.05) is 27.7 Å². The Balaban J connectivity index is 2.31. The van der Waals surface area contributed by atoms with Crippen molar-refractivity contribution in [1.29, 1.82) is 0 Å². The highest BCUT2D eigenvalue weighted by atomic mass is 16.5. The fourth-order valence-corrected chi connectivity index (χ4v) is 2.13. The summed E-state index contributed by atoms with van der Waals surface area (Å²) in [6.07, 6.45) is 2.08. The molecule has 0 amide bonds. The third kappa shape index (κ3) is 4.06. The molecule has 1 aromatic rings. The standard InChI is InChI=1S/C16H27N3O2/c1-6-8-17-13-11(2)14(21-12-7-9-20-10-12)19-15(18-13)16(3,4)5/h12H,6-10H2,1-5H3,(H,17,18,19). The van der Waals surface area contributed by atoms with E-state index in [1.54, 1.807) is 0 Å². The Labute approximate surface area is 127 Å². The molecular formula is C16H27N3O2. The first-order chi connectivity index (χ1) is 9.91. The molecule has 5 nitrogen and oxygen atoms in total. The number of hydrogen-bond acceptors (Lipinski definition) is 5.